The Morgan fingerprint density at radius 3 is 2.59 bits per heavy atom. The molecule has 1 amide bonds. The number of hydrogen-bond donors (Lipinski definition) is 2. The number of methoxy groups -OCH3 is 1. The number of nitrogens with zero attached hydrogens (tertiary/aromatic N) is 3. The number of phenolic OH excluding ortho intramolecular Hbond substituents is 1. The molecule has 4 aromatic rings. The Kier molecular flexibility index (Phi) is 5.85. The Morgan fingerprint density at radius 2 is 1.84 bits per heavy atom. The summed E-state index contributed by atoms with van der Waals surface area (Å²) in [7, 11) is 1.27. The second-order valence-corrected chi connectivity index (χ2v) is 7.34. The molecule has 2 aromatic carbocycles. The number of aromatic hydroxyl groups is 1. The predicted molar refractivity (Wildman–Crippen MR) is 119 cm³/mol. The van der Waals surface area contributed by atoms with Crippen LogP contribution in [0.4, 0.5) is 0 Å². The monoisotopic (exact) mass is 430 g/mol. The van der Waals surface area contributed by atoms with Crippen LogP contribution in [0.2, 0.25) is 0 Å². The maximum atomic E-state index is 13.0. The molecule has 8 nitrogen and oxygen atoms in total. The minimum atomic E-state index is -0.890. The molecule has 8 heteroatoms. The first-order chi connectivity index (χ1) is 15.5. The SMILES string of the molecule is COC(=O)C(Cc1ccc(O)cc1)NC(=O)c1cnn(-c2ccc3ccccc3n2)c1C. The van der Waals surface area contributed by atoms with Gasteiger partial charge in [0.25, 0.3) is 5.91 Å². The van der Waals surface area contributed by atoms with Crippen LogP contribution in [0.25, 0.3) is 16.7 Å². The molecule has 0 saturated carbocycles. The van der Waals surface area contributed by atoms with Crippen molar-refractivity contribution in [3.63, 3.8) is 0 Å². The third kappa shape index (κ3) is 4.29. The summed E-state index contributed by atoms with van der Waals surface area (Å²) in [6.07, 6.45) is 1.68. The molecule has 32 heavy (non-hydrogen) atoms. The van der Waals surface area contributed by atoms with Gasteiger partial charge in [0.1, 0.15) is 11.8 Å². The van der Waals surface area contributed by atoms with Gasteiger partial charge in [0.05, 0.1) is 30.1 Å². The second-order valence-electron chi connectivity index (χ2n) is 7.34. The van der Waals surface area contributed by atoms with E-state index in [1.165, 1.54) is 25.4 Å². The number of ether oxygens (including phenoxy) is 1. The van der Waals surface area contributed by atoms with E-state index in [9.17, 15) is 14.7 Å². The predicted octanol–water partition coefficient (Wildman–Crippen LogP) is 2.95. The highest BCUT2D eigenvalue weighted by atomic mass is 16.5. The largest absolute Gasteiger partial charge is 0.508 e. The van der Waals surface area contributed by atoms with Gasteiger partial charge in [0, 0.05) is 11.8 Å². The number of rotatable bonds is 6. The Bertz CT molecular complexity index is 1280. The number of pyridine rings is 1. The van der Waals surface area contributed by atoms with Crippen molar-refractivity contribution in [2.45, 2.75) is 19.4 Å². The van der Waals surface area contributed by atoms with Crippen molar-refractivity contribution < 1.29 is 19.4 Å². The molecule has 0 aliphatic rings. The average molecular weight is 430 g/mol. The molecule has 0 bridgehead atoms. The highest BCUT2D eigenvalue weighted by molar-refractivity contribution is 5.97. The van der Waals surface area contributed by atoms with Gasteiger partial charge in [-0.15, -0.1) is 0 Å². The lowest BCUT2D eigenvalue weighted by atomic mass is 10.1. The van der Waals surface area contributed by atoms with Crippen molar-refractivity contribution in [3.05, 3.63) is 83.7 Å². The molecule has 0 saturated heterocycles. The zero-order valence-corrected chi connectivity index (χ0v) is 17.6. The van der Waals surface area contributed by atoms with E-state index in [1.54, 1.807) is 23.7 Å². The van der Waals surface area contributed by atoms with Gasteiger partial charge in [-0.3, -0.25) is 4.79 Å². The number of amides is 1. The van der Waals surface area contributed by atoms with Crippen molar-refractivity contribution in [2.24, 2.45) is 0 Å². The maximum absolute atomic E-state index is 13.0. The topological polar surface area (TPSA) is 106 Å². The minimum Gasteiger partial charge on any atom is -0.508 e. The molecule has 0 aliphatic carbocycles. The first kappa shape index (κ1) is 21.0. The van der Waals surface area contributed by atoms with Crippen LogP contribution in [0, 0.1) is 6.92 Å². The van der Waals surface area contributed by atoms with Gasteiger partial charge in [-0.25, -0.2) is 14.5 Å². The van der Waals surface area contributed by atoms with Gasteiger partial charge < -0.3 is 15.2 Å². The summed E-state index contributed by atoms with van der Waals surface area (Å²) in [5.74, 6) is -0.289. The normalized spacial score (nSPS) is 11.8. The van der Waals surface area contributed by atoms with Gasteiger partial charge >= 0.3 is 5.97 Å². The van der Waals surface area contributed by atoms with Crippen molar-refractivity contribution in [1.82, 2.24) is 20.1 Å². The van der Waals surface area contributed by atoms with Crippen LogP contribution in [-0.2, 0) is 16.0 Å². The highest BCUT2D eigenvalue weighted by Crippen LogP contribution is 2.18. The molecule has 4 rings (SSSR count). The molecule has 1 atom stereocenters. The van der Waals surface area contributed by atoms with E-state index in [0.717, 1.165) is 16.5 Å². The summed E-state index contributed by atoms with van der Waals surface area (Å²) < 4.78 is 6.45. The zero-order chi connectivity index (χ0) is 22.7. The highest BCUT2D eigenvalue weighted by Gasteiger charge is 2.25. The fourth-order valence-electron chi connectivity index (χ4n) is 3.48. The lowest BCUT2D eigenvalue weighted by Crippen LogP contribution is -2.43. The number of esters is 1. The van der Waals surface area contributed by atoms with Crippen molar-refractivity contribution in [2.75, 3.05) is 7.11 Å². The average Bonchev–Trinajstić information content (AvgIpc) is 3.20. The summed E-state index contributed by atoms with van der Waals surface area (Å²) >= 11 is 0. The second kappa shape index (κ2) is 8.89. The molecule has 0 radical (unpaired) electrons. The lowest BCUT2D eigenvalue weighted by molar-refractivity contribution is -0.142. The fraction of sp³-hybridized carbons (Fsp3) is 0.167. The number of fused-ring (bicyclic) bond motifs is 1. The van der Waals surface area contributed by atoms with Gasteiger partial charge in [-0.05, 0) is 42.8 Å². The van der Waals surface area contributed by atoms with E-state index >= 15 is 0 Å². The van der Waals surface area contributed by atoms with Gasteiger partial charge in [-0.1, -0.05) is 30.3 Å². The molecular weight excluding hydrogens is 408 g/mol. The van der Waals surface area contributed by atoms with Crippen LogP contribution in [-0.4, -0.2) is 44.9 Å². The van der Waals surface area contributed by atoms with E-state index in [0.29, 0.717) is 17.1 Å². The van der Waals surface area contributed by atoms with Crippen LogP contribution in [0.1, 0.15) is 21.6 Å². The third-order valence-corrected chi connectivity index (χ3v) is 5.22. The maximum Gasteiger partial charge on any atom is 0.328 e. The molecular formula is C24H22N4O4. The van der Waals surface area contributed by atoms with Gasteiger partial charge in [0.2, 0.25) is 0 Å². The molecule has 2 N–H and O–H groups in total. The number of carbonyl (C=O) groups is 2. The number of hydrogen-bond acceptors (Lipinski definition) is 6. The van der Waals surface area contributed by atoms with Crippen LogP contribution in [0.5, 0.6) is 5.75 Å². The molecule has 2 aromatic heterocycles. The minimum absolute atomic E-state index is 0.123. The Balaban J connectivity index is 1.57. The number of phenols is 1. The van der Waals surface area contributed by atoms with Crippen LogP contribution >= 0.6 is 0 Å². The van der Waals surface area contributed by atoms with Gasteiger partial charge in [-0.2, -0.15) is 5.10 Å². The van der Waals surface area contributed by atoms with Crippen molar-refractivity contribution in [3.8, 4) is 11.6 Å². The van der Waals surface area contributed by atoms with E-state index in [1.807, 2.05) is 36.4 Å². The Hall–Kier alpha value is -4.20. The molecule has 0 spiro atoms. The van der Waals surface area contributed by atoms with Gasteiger partial charge in [0.15, 0.2) is 5.82 Å². The number of benzene rings is 2. The third-order valence-electron chi connectivity index (χ3n) is 5.22. The summed E-state index contributed by atoms with van der Waals surface area (Å²) in [6, 6.07) is 17.1. The zero-order valence-electron chi connectivity index (χ0n) is 17.6. The molecule has 162 valence electrons. The molecule has 1 unspecified atom stereocenters. The van der Waals surface area contributed by atoms with Crippen molar-refractivity contribution >= 4 is 22.8 Å². The van der Waals surface area contributed by atoms with E-state index in [2.05, 4.69) is 15.4 Å². The summed E-state index contributed by atoms with van der Waals surface area (Å²) in [4.78, 5) is 29.9. The van der Waals surface area contributed by atoms with Crippen LogP contribution in [0.3, 0.4) is 0 Å². The number of nitrogens with one attached hydrogen (secondary N) is 1. The Labute approximate surface area is 184 Å². The lowest BCUT2D eigenvalue weighted by Gasteiger charge is -2.16. The first-order valence-corrected chi connectivity index (χ1v) is 10.0. The van der Waals surface area contributed by atoms with E-state index < -0.39 is 17.9 Å². The molecule has 0 fully saturated rings. The summed E-state index contributed by atoms with van der Waals surface area (Å²) in [5.41, 5.74) is 2.52. The number of aromatic nitrogens is 3. The van der Waals surface area contributed by atoms with E-state index in [4.69, 9.17) is 4.74 Å². The van der Waals surface area contributed by atoms with Crippen molar-refractivity contribution in [1.29, 1.82) is 0 Å². The summed E-state index contributed by atoms with van der Waals surface area (Å²) in [6.45, 7) is 1.77. The summed E-state index contributed by atoms with van der Waals surface area (Å²) in [5, 5.41) is 17.5. The van der Waals surface area contributed by atoms with E-state index in [-0.39, 0.29) is 12.2 Å². The Morgan fingerprint density at radius 1 is 1.09 bits per heavy atom. The number of carbonyl (C=O) groups excluding carboxylic acids is 2. The smallest absolute Gasteiger partial charge is 0.328 e. The van der Waals surface area contributed by atoms with Crippen LogP contribution in [0.15, 0.2) is 66.9 Å². The van der Waals surface area contributed by atoms with Crippen LogP contribution < -0.4 is 5.32 Å². The fourth-order valence-corrected chi connectivity index (χ4v) is 3.48. The molecule has 2 heterocycles. The number of para-hydroxylation sites is 1. The quantitative estimate of drug-likeness (QED) is 0.456. The first-order valence-electron chi connectivity index (χ1n) is 10.0. The standard InChI is InChI=1S/C24H22N4O4/c1-15-19(14-25-28(15)22-12-9-17-5-3-4-6-20(17)26-22)23(30)27-21(24(31)32-2)13-16-7-10-18(29)11-8-16/h3-12,14,21,29H,13H2,1-2H3,(H,27,30). The molecule has 0 aliphatic heterocycles.